The molecule has 3 aliphatic heterocycles. The molecule has 3 aromatic carbocycles. The van der Waals surface area contributed by atoms with Gasteiger partial charge in [-0.3, -0.25) is 19.3 Å². The second kappa shape index (κ2) is 20.0. The van der Waals surface area contributed by atoms with Crippen molar-refractivity contribution in [1.29, 1.82) is 0 Å². The van der Waals surface area contributed by atoms with Crippen LogP contribution in [0.1, 0.15) is 104 Å². The maximum atomic E-state index is 16.8. The first kappa shape index (κ1) is 50.6. The van der Waals surface area contributed by atoms with Crippen LogP contribution in [0.2, 0.25) is 5.02 Å². The van der Waals surface area contributed by atoms with Crippen LogP contribution in [-0.4, -0.2) is 89.0 Å². The highest BCUT2D eigenvalue weighted by atomic mass is 35.5. The Bertz CT molecular complexity index is 3320. The number of cyclic esters (lactones) is 1. The van der Waals surface area contributed by atoms with E-state index in [0.29, 0.717) is 88.0 Å². The standard InChI is InChI=1S/C55H54ClF2N5O10/c1-9-12-30-21-31-24-62(19-20-69-49(31)47(58)43(30)46-37(56)13-11-14-42(46)72-54(68)73-55(5,6)7)18-17-61(8)50(64)28(3)26-71-53(67)60-39-16-15-33-29(4)38(57)23-40-44(33)45(39)35-25-63-41(48(35)59-40)22-34-32(10-2)52(66)70-27-36(34)51(63)65/h11,13-14,21-23,32,39H,3,10,15-20,24-27H2,1-2,4-8H3,(H,60,67). The van der Waals surface area contributed by atoms with E-state index in [0.717, 1.165) is 5.56 Å². The minimum absolute atomic E-state index is 0.00283. The summed E-state index contributed by atoms with van der Waals surface area (Å²) in [5.74, 6) is 3.16. The van der Waals surface area contributed by atoms with Gasteiger partial charge < -0.3 is 38.5 Å². The lowest BCUT2D eigenvalue weighted by Gasteiger charge is -2.29. The highest BCUT2D eigenvalue weighted by Gasteiger charge is 2.38. The largest absolute Gasteiger partial charge is 0.514 e. The summed E-state index contributed by atoms with van der Waals surface area (Å²) >= 11 is 6.66. The van der Waals surface area contributed by atoms with Crippen molar-refractivity contribution >= 4 is 46.6 Å². The summed E-state index contributed by atoms with van der Waals surface area (Å²) in [5, 5.41) is 3.79. The number of fused-ring (bicyclic) bond motifs is 6. The van der Waals surface area contributed by atoms with Crippen LogP contribution in [0.25, 0.3) is 33.4 Å². The molecule has 2 unspecified atom stereocenters. The third kappa shape index (κ3) is 9.61. The highest BCUT2D eigenvalue weighted by Crippen LogP contribution is 2.47. The monoisotopic (exact) mass is 1020 g/mol. The zero-order valence-electron chi connectivity index (χ0n) is 41.6. The van der Waals surface area contributed by atoms with Gasteiger partial charge in [0.2, 0.25) is 0 Å². The van der Waals surface area contributed by atoms with Crippen LogP contribution in [0, 0.1) is 30.4 Å². The molecule has 0 spiro atoms. The van der Waals surface area contributed by atoms with Crippen molar-refractivity contribution in [3.05, 3.63) is 120 Å². The second-order valence-corrected chi connectivity index (χ2v) is 20.0. The fourth-order valence-corrected chi connectivity index (χ4v) is 10.5. The minimum atomic E-state index is -0.988. The maximum Gasteiger partial charge on any atom is 0.514 e. The van der Waals surface area contributed by atoms with E-state index in [1.165, 1.54) is 17.0 Å². The number of benzene rings is 3. The van der Waals surface area contributed by atoms with E-state index in [-0.39, 0.29) is 77.2 Å². The first-order valence-electron chi connectivity index (χ1n) is 24.1. The van der Waals surface area contributed by atoms with E-state index in [1.54, 1.807) is 64.4 Å². The van der Waals surface area contributed by atoms with E-state index in [9.17, 15) is 24.0 Å². The highest BCUT2D eigenvalue weighted by molar-refractivity contribution is 6.34. The Hall–Kier alpha value is -7.29. The molecule has 1 aliphatic carbocycles. The molecule has 5 aromatic rings. The van der Waals surface area contributed by atoms with Gasteiger partial charge in [0.25, 0.3) is 11.5 Å². The quantitative estimate of drug-likeness (QED) is 0.0455. The van der Waals surface area contributed by atoms with Gasteiger partial charge in [-0.2, -0.15) is 0 Å². The van der Waals surface area contributed by atoms with Gasteiger partial charge in [0.15, 0.2) is 11.6 Å². The number of hydrogen-bond donors (Lipinski definition) is 1. The number of pyridine rings is 2. The molecule has 380 valence electrons. The first-order chi connectivity index (χ1) is 34.8. The molecule has 0 radical (unpaired) electrons. The third-order valence-electron chi connectivity index (χ3n) is 13.7. The number of esters is 1. The van der Waals surface area contributed by atoms with Gasteiger partial charge in [-0.05, 0) is 100 Å². The van der Waals surface area contributed by atoms with Gasteiger partial charge >= 0.3 is 18.2 Å². The van der Waals surface area contributed by atoms with Crippen LogP contribution >= 0.6 is 11.6 Å². The number of carbonyl (C=O) groups excluding carboxylic acids is 4. The number of hydrogen-bond acceptors (Lipinski definition) is 12. The first-order valence-corrected chi connectivity index (χ1v) is 24.4. The number of halogens is 3. The number of ether oxygens (including phenoxy) is 5. The Kier molecular flexibility index (Phi) is 13.8. The molecule has 0 saturated carbocycles. The third-order valence-corrected chi connectivity index (χ3v) is 14.0. The van der Waals surface area contributed by atoms with Gasteiger partial charge in [-0.15, -0.1) is 5.92 Å². The molecule has 0 saturated heterocycles. The van der Waals surface area contributed by atoms with Crippen molar-refractivity contribution in [2.75, 3.05) is 39.9 Å². The van der Waals surface area contributed by atoms with Crippen molar-refractivity contribution in [3.8, 4) is 45.9 Å². The number of nitrogens with zero attached hydrogens (tertiary/aromatic N) is 4. The normalized spacial score (nSPS) is 16.5. The number of alkyl carbamates (subject to hydrolysis) is 1. The summed E-state index contributed by atoms with van der Waals surface area (Å²) in [6.07, 6.45) is -0.533. The molecule has 9 rings (SSSR count). The van der Waals surface area contributed by atoms with Crippen LogP contribution in [-0.2, 0) is 49.9 Å². The van der Waals surface area contributed by atoms with Gasteiger partial charge in [-0.1, -0.05) is 37.1 Å². The lowest BCUT2D eigenvalue weighted by molar-refractivity contribution is -0.148. The number of likely N-dealkylation sites (N-methyl/N-ethyl adjacent to an activating group) is 1. The van der Waals surface area contributed by atoms with Crippen molar-refractivity contribution < 1.29 is 51.6 Å². The predicted octanol–water partition coefficient (Wildman–Crippen LogP) is 9.19. The Labute approximate surface area is 425 Å². The Balaban J connectivity index is 0.869. The zero-order valence-corrected chi connectivity index (χ0v) is 42.4. The molecule has 0 bridgehead atoms. The molecular formula is C55H54ClF2N5O10. The van der Waals surface area contributed by atoms with Crippen LogP contribution in [0.15, 0.2) is 53.3 Å². The average Bonchev–Trinajstić information content (AvgIpc) is 3.57. The second-order valence-electron chi connectivity index (χ2n) is 19.6. The van der Waals surface area contributed by atoms with Crippen molar-refractivity contribution in [2.24, 2.45) is 0 Å². The molecular weight excluding hydrogens is 964 g/mol. The summed E-state index contributed by atoms with van der Waals surface area (Å²) in [5.41, 5.74) is 4.80. The Morgan fingerprint density at radius 1 is 1.07 bits per heavy atom. The van der Waals surface area contributed by atoms with Crippen molar-refractivity contribution in [3.63, 3.8) is 0 Å². The predicted molar refractivity (Wildman–Crippen MR) is 267 cm³/mol. The Morgan fingerprint density at radius 2 is 1.85 bits per heavy atom. The fraction of sp³-hybridized carbons (Fsp3) is 0.382. The summed E-state index contributed by atoms with van der Waals surface area (Å²) in [7, 11) is 1.60. The lowest BCUT2D eigenvalue weighted by Crippen LogP contribution is -2.38. The van der Waals surface area contributed by atoms with Crippen LogP contribution in [0.5, 0.6) is 11.5 Å². The Morgan fingerprint density at radius 3 is 2.59 bits per heavy atom. The smallest absolute Gasteiger partial charge is 0.489 e. The van der Waals surface area contributed by atoms with Crippen LogP contribution in [0.4, 0.5) is 18.4 Å². The van der Waals surface area contributed by atoms with Gasteiger partial charge in [-0.25, -0.2) is 23.4 Å². The number of nitrogens with one attached hydrogen (secondary N) is 1. The maximum absolute atomic E-state index is 16.8. The molecule has 4 aliphatic rings. The van der Waals surface area contributed by atoms with Crippen LogP contribution < -0.4 is 20.3 Å². The van der Waals surface area contributed by atoms with E-state index >= 15 is 8.78 Å². The van der Waals surface area contributed by atoms with Gasteiger partial charge in [0, 0.05) is 78.1 Å². The van der Waals surface area contributed by atoms with Gasteiger partial charge in [0.1, 0.15) is 37.0 Å². The summed E-state index contributed by atoms with van der Waals surface area (Å²) in [4.78, 5) is 75.0. The summed E-state index contributed by atoms with van der Waals surface area (Å²) in [6.45, 7) is 15.1. The summed E-state index contributed by atoms with van der Waals surface area (Å²) < 4.78 is 61.7. The molecule has 5 heterocycles. The lowest BCUT2D eigenvalue weighted by atomic mass is 9.81. The van der Waals surface area contributed by atoms with Gasteiger partial charge in [0.05, 0.1) is 46.0 Å². The SMILES string of the molecule is C=C(COC(=O)NC1CCc2c(C)c(F)cc3nc4c(c1c23)Cn1c-4cc2c(c1=O)COC(=O)C2CC)C(=O)N(C)CCN1CCOc2c(cc(C#CC)c(-c3c(Cl)cccc3OC(=O)OC(C)(C)C)c2F)C1. The van der Waals surface area contributed by atoms with E-state index < -0.39 is 59.9 Å². The molecule has 73 heavy (non-hydrogen) atoms. The molecule has 2 aromatic heterocycles. The topological polar surface area (TPSA) is 168 Å². The number of rotatable bonds is 10. The van der Waals surface area contributed by atoms with Crippen molar-refractivity contribution in [1.82, 2.24) is 24.7 Å². The summed E-state index contributed by atoms with van der Waals surface area (Å²) in [6, 6.07) is 8.89. The van der Waals surface area contributed by atoms with E-state index in [4.69, 9.17) is 40.3 Å². The number of aryl methyl sites for hydroxylation is 1. The van der Waals surface area contributed by atoms with E-state index in [1.807, 2.05) is 17.9 Å². The minimum Gasteiger partial charge on any atom is -0.489 e. The van der Waals surface area contributed by atoms with Crippen LogP contribution in [0.3, 0.4) is 0 Å². The van der Waals surface area contributed by atoms with E-state index in [2.05, 4.69) is 23.7 Å². The number of carbonyl (C=O) groups is 4. The van der Waals surface area contributed by atoms with Crippen molar-refractivity contribution in [2.45, 2.75) is 98.1 Å². The average molecular weight is 1020 g/mol. The molecule has 1 N–H and O–H groups in total. The fourth-order valence-electron chi connectivity index (χ4n) is 10.2. The number of aromatic nitrogens is 2. The molecule has 15 nitrogen and oxygen atoms in total. The zero-order chi connectivity index (χ0) is 52.2. The molecule has 0 fully saturated rings. The molecule has 2 amide bonds. The molecule has 18 heteroatoms. The number of amides is 2. The molecule has 2 atom stereocenters.